The summed E-state index contributed by atoms with van der Waals surface area (Å²) in [6.07, 6.45) is 0.604. The molecule has 1 amide bonds. The van der Waals surface area contributed by atoms with Gasteiger partial charge in [0.05, 0.1) is 12.3 Å². The average Bonchev–Trinajstić information content (AvgIpc) is 3.15. The fraction of sp³-hybridized carbons (Fsp3) is 0.333. The Labute approximate surface area is 127 Å². The van der Waals surface area contributed by atoms with Crippen LogP contribution in [0.3, 0.4) is 0 Å². The molecule has 0 saturated heterocycles. The second-order valence-electron chi connectivity index (χ2n) is 5.13. The molecule has 1 aromatic carbocycles. The number of carbonyl (C=O) groups is 1. The first-order valence-corrected chi connectivity index (χ1v) is 7.03. The molecule has 114 valence electrons. The molecule has 0 spiro atoms. The summed E-state index contributed by atoms with van der Waals surface area (Å²) in [6, 6.07) is 9.97. The molecule has 7 nitrogen and oxygen atoms in total. The van der Waals surface area contributed by atoms with Crippen molar-refractivity contribution in [2.24, 2.45) is 5.16 Å². The molecule has 0 fully saturated rings. The maximum absolute atomic E-state index is 12.1. The summed E-state index contributed by atoms with van der Waals surface area (Å²) in [5.74, 6) is -0.214. The number of hydrogen-bond donors (Lipinski definition) is 1. The minimum absolute atomic E-state index is 0.214. The van der Waals surface area contributed by atoms with E-state index in [0.29, 0.717) is 24.2 Å². The lowest BCUT2D eigenvalue weighted by Crippen LogP contribution is -2.34. The van der Waals surface area contributed by atoms with Crippen LogP contribution in [0.4, 0.5) is 0 Å². The molecule has 1 aliphatic heterocycles. The molecule has 1 aromatic heterocycles. The van der Waals surface area contributed by atoms with E-state index >= 15 is 0 Å². The topological polar surface area (TPSA) is 89.6 Å². The van der Waals surface area contributed by atoms with E-state index < -0.39 is 6.10 Å². The van der Waals surface area contributed by atoms with Crippen LogP contribution < -0.4 is 5.32 Å². The van der Waals surface area contributed by atoms with Crippen molar-refractivity contribution in [1.29, 1.82) is 0 Å². The van der Waals surface area contributed by atoms with E-state index in [1.807, 2.05) is 30.3 Å². The molecule has 0 aliphatic carbocycles. The zero-order chi connectivity index (χ0) is 15.4. The Balaban J connectivity index is 1.49. The van der Waals surface area contributed by atoms with Gasteiger partial charge in [0.15, 0.2) is 0 Å². The molecule has 1 atom stereocenters. The third kappa shape index (κ3) is 3.30. The zero-order valence-electron chi connectivity index (χ0n) is 12.2. The molecular formula is C15H16N4O3. The number of nitrogens with one attached hydrogen (secondary N) is 1. The van der Waals surface area contributed by atoms with Gasteiger partial charge in [0.2, 0.25) is 6.10 Å². The summed E-state index contributed by atoms with van der Waals surface area (Å²) in [6.45, 7) is 2.03. The number of benzene rings is 1. The summed E-state index contributed by atoms with van der Waals surface area (Å²) in [4.78, 5) is 17.3. The highest BCUT2D eigenvalue weighted by molar-refractivity contribution is 5.93. The SMILES string of the molecule is Cc1nonc1CNC(=O)C1CC(Cc2ccccc2)=NO1. The summed E-state index contributed by atoms with van der Waals surface area (Å²) < 4.78 is 4.58. The highest BCUT2D eigenvalue weighted by atomic mass is 16.6. The molecular weight excluding hydrogens is 284 g/mol. The Morgan fingerprint density at radius 3 is 2.86 bits per heavy atom. The first-order valence-electron chi connectivity index (χ1n) is 7.03. The van der Waals surface area contributed by atoms with Gasteiger partial charge in [-0.05, 0) is 12.5 Å². The van der Waals surface area contributed by atoms with Crippen molar-refractivity contribution in [3.8, 4) is 0 Å². The van der Waals surface area contributed by atoms with Crippen LogP contribution in [0.15, 0.2) is 40.1 Å². The number of aromatic nitrogens is 2. The fourth-order valence-corrected chi connectivity index (χ4v) is 2.20. The predicted molar refractivity (Wildman–Crippen MR) is 78.0 cm³/mol. The van der Waals surface area contributed by atoms with Gasteiger partial charge in [-0.25, -0.2) is 4.63 Å². The Morgan fingerprint density at radius 1 is 1.32 bits per heavy atom. The van der Waals surface area contributed by atoms with Crippen molar-refractivity contribution < 1.29 is 14.3 Å². The first-order chi connectivity index (χ1) is 10.7. The lowest BCUT2D eigenvalue weighted by Gasteiger charge is -2.08. The van der Waals surface area contributed by atoms with Crippen LogP contribution in [0.5, 0.6) is 0 Å². The van der Waals surface area contributed by atoms with Crippen LogP contribution in [0, 0.1) is 6.92 Å². The van der Waals surface area contributed by atoms with E-state index in [4.69, 9.17) is 4.84 Å². The van der Waals surface area contributed by atoms with Gasteiger partial charge in [-0.2, -0.15) is 0 Å². The van der Waals surface area contributed by atoms with Crippen molar-refractivity contribution in [2.45, 2.75) is 32.4 Å². The molecule has 0 bridgehead atoms. The van der Waals surface area contributed by atoms with Gasteiger partial charge in [0.25, 0.3) is 5.91 Å². The number of amides is 1. The monoisotopic (exact) mass is 300 g/mol. The second kappa shape index (κ2) is 6.38. The Kier molecular flexibility index (Phi) is 4.13. The van der Waals surface area contributed by atoms with Crippen LogP contribution >= 0.6 is 0 Å². The Bertz CT molecular complexity index is 681. The third-order valence-electron chi connectivity index (χ3n) is 3.45. The van der Waals surface area contributed by atoms with E-state index in [1.54, 1.807) is 6.92 Å². The van der Waals surface area contributed by atoms with Gasteiger partial charge in [0, 0.05) is 12.8 Å². The molecule has 22 heavy (non-hydrogen) atoms. The minimum Gasteiger partial charge on any atom is -0.382 e. The molecule has 1 aliphatic rings. The van der Waals surface area contributed by atoms with E-state index in [1.165, 1.54) is 0 Å². The predicted octanol–water partition coefficient (Wildman–Crippen LogP) is 1.38. The van der Waals surface area contributed by atoms with Gasteiger partial charge in [-0.15, -0.1) is 0 Å². The van der Waals surface area contributed by atoms with Gasteiger partial charge in [-0.3, -0.25) is 4.79 Å². The Hall–Kier alpha value is -2.70. The average molecular weight is 300 g/mol. The van der Waals surface area contributed by atoms with Crippen molar-refractivity contribution in [3.63, 3.8) is 0 Å². The van der Waals surface area contributed by atoms with Crippen molar-refractivity contribution in [3.05, 3.63) is 47.3 Å². The van der Waals surface area contributed by atoms with E-state index in [-0.39, 0.29) is 12.5 Å². The van der Waals surface area contributed by atoms with Crippen LogP contribution in [0.1, 0.15) is 23.4 Å². The summed E-state index contributed by atoms with van der Waals surface area (Å²) in [7, 11) is 0. The molecule has 1 N–H and O–H groups in total. The molecule has 2 aromatic rings. The highest BCUT2D eigenvalue weighted by Crippen LogP contribution is 2.15. The molecule has 3 rings (SSSR count). The van der Waals surface area contributed by atoms with Gasteiger partial charge in [0.1, 0.15) is 11.4 Å². The highest BCUT2D eigenvalue weighted by Gasteiger charge is 2.28. The number of nitrogens with zero attached hydrogens (tertiary/aromatic N) is 3. The van der Waals surface area contributed by atoms with Gasteiger partial charge < -0.3 is 10.2 Å². The quantitative estimate of drug-likeness (QED) is 0.901. The number of carbonyl (C=O) groups excluding carboxylic acids is 1. The van der Waals surface area contributed by atoms with Gasteiger partial charge in [-0.1, -0.05) is 45.8 Å². The minimum atomic E-state index is -0.584. The summed E-state index contributed by atoms with van der Waals surface area (Å²) in [5.41, 5.74) is 3.28. The van der Waals surface area contributed by atoms with E-state index in [2.05, 4.69) is 25.4 Å². The lowest BCUT2D eigenvalue weighted by molar-refractivity contribution is -0.131. The van der Waals surface area contributed by atoms with Crippen LogP contribution in [0.2, 0.25) is 0 Å². The molecule has 1 unspecified atom stereocenters. The second-order valence-corrected chi connectivity index (χ2v) is 5.13. The molecule has 0 saturated carbocycles. The van der Waals surface area contributed by atoms with Crippen LogP contribution in [-0.4, -0.2) is 28.0 Å². The van der Waals surface area contributed by atoms with Crippen molar-refractivity contribution >= 4 is 11.6 Å². The largest absolute Gasteiger partial charge is 0.382 e. The van der Waals surface area contributed by atoms with E-state index in [0.717, 1.165) is 11.3 Å². The number of hydrogen-bond acceptors (Lipinski definition) is 6. The van der Waals surface area contributed by atoms with Gasteiger partial charge >= 0.3 is 0 Å². The molecule has 2 heterocycles. The smallest absolute Gasteiger partial charge is 0.264 e. The van der Waals surface area contributed by atoms with Crippen molar-refractivity contribution in [1.82, 2.24) is 15.6 Å². The fourth-order valence-electron chi connectivity index (χ4n) is 2.20. The maximum atomic E-state index is 12.1. The third-order valence-corrected chi connectivity index (χ3v) is 3.45. The zero-order valence-corrected chi connectivity index (χ0v) is 12.2. The maximum Gasteiger partial charge on any atom is 0.264 e. The summed E-state index contributed by atoms with van der Waals surface area (Å²) >= 11 is 0. The number of aryl methyl sites for hydroxylation is 1. The Morgan fingerprint density at radius 2 is 2.14 bits per heavy atom. The van der Waals surface area contributed by atoms with E-state index in [9.17, 15) is 4.79 Å². The van der Waals surface area contributed by atoms with Crippen LogP contribution in [-0.2, 0) is 22.6 Å². The van der Waals surface area contributed by atoms with Crippen LogP contribution in [0.25, 0.3) is 0 Å². The molecule has 0 radical (unpaired) electrons. The normalized spacial score (nSPS) is 17.0. The number of oxime groups is 1. The standard InChI is InChI=1S/C15H16N4O3/c1-10-13(19-22-17-10)9-16-15(20)14-8-12(18-21-14)7-11-5-3-2-4-6-11/h2-6,14H,7-9H2,1H3,(H,16,20). The molecule has 7 heteroatoms. The lowest BCUT2D eigenvalue weighted by atomic mass is 10.0. The summed E-state index contributed by atoms with van der Waals surface area (Å²) in [5, 5.41) is 14.1. The van der Waals surface area contributed by atoms with Crippen molar-refractivity contribution in [2.75, 3.05) is 0 Å². The number of rotatable bonds is 5. The first kappa shape index (κ1) is 14.2.